The van der Waals surface area contributed by atoms with Crippen molar-refractivity contribution in [3.63, 3.8) is 0 Å². The summed E-state index contributed by atoms with van der Waals surface area (Å²) in [5, 5.41) is 0. The number of hydrogen-bond donors (Lipinski definition) is 0. The van der Waals surface area contributed by atoms with E-state index < -0.39 is 17.6 Å². The van der Waals surface area contributed by atoms with E-state index in [9.17, 15) is 22.8 Å². The average molecular weight is 369 g/mol. The third-order valence-corrected chi connectivity index (χ3v) is 4.94. The maximum Gasteiger partial charge on any atom is 0.417 e. The summed E-state index contributed by atoms with van der Waals surface area (Å²) in [5.74, 6) is -0.520. The maximum absolute atomic E-state index is 13.1. The van der Waals surface area contributed by atoms with Gasteiger partial charge in [-0.05, 0) is 25.0 Å². The van der Waals surface area contributed by atoms with Gasteiger partial charge in [0, 0.05) is 39.3 Å². The van der Waals surface area contributed by atoms with Crippen LogP contribution in [0.2, 0.25) is 0 Å². The molecule has 1 aromatic rings. The van der Waals surface area contributed by atoms with Crippen molar-refractivity contribution in [2.75, 3.05) is 45.8 Å². The number of alkyl halides is 3. The number of amides is 2. The SMILES string of the molecule is O=C(CN1CCN(C(=O)c2ccccc2C(F)(F)F)CC1)N1CCCC1. The molecule has 2 amide bonds. The highest BCUT2D eigenvalue weighted by molar-refractivity contribution is 5.96. The number of carbonyl (C=O) groups is 2. The first-order chi connectivity index (χ1) is 12.4. The molecule has 0 unspecified atom stereocenters. The Morgan fingerprint density at radius 1 is 0.885 bits per heavy atom. The predicted molar refractivity (Wildman–Crippen MR) is 89.6 cm³/mol. The van der Waals surface area contributed by atoms with E-state index in [1.807, 2.05) is 9.80 Å². The second kappa shape index (κ2) is 7.65. The predicted octanol–water partition coefficient (Wildman–Crippen LogP) is 2.09. The molecule has 2 saturated heterocycles. The number of nitrogens with zero attached hydrogens (tertiary/aromatic N) is 3. The summed E-state index contributed by atoms with van der Waals surface area (Å²) in [6.07, 6.45) is -2.49. The molecule has 0 saturated carbocycles. The molecule has 0 aliphatic carbocycles. The Hall–Kier alpha value is -2.09. The van der Waals surface area contributed by atoms with Crippen LogP contribution in [0.3, 0.4) is 0 Å². The molecule has 2 aliphatic rings. The van der Waals surface area contributed by atoms with E-state index in [1.165, 1.54) is 23.1 Å². The summed E-state index contributed by atoms with van der Waals surface area (Å²) in [6, 6.07) is 4.86. The van der Waals surface area contributed by atoms with Gasteiger partial charge in [0.25, 0.3) is 5.91 Å². The lowest BCUT2D eigenvalue weighted by Gasteiger charge is -2.35. The third-order valence-electron chi connectivity index (χ3n) is 4.94. The van der Waals surface area contributed by atoms with Gasteiger partial charge < -0.3 is 9.80 Å². The Morgan fingerprint density at radius 3 is 2.12 bits per heavy atom. The fraction of sp³-hybridized carbons (Fsp3) is 0.556. The van der Waals surface area contributed by atoms with E-state index in [2.05, 4.69) is 0 Å². The standard InChI is InChI=1S/C18H22F3N3O2/c19-18(20,21)15-6-2-1-5-14(15)17(26)24-11-9-22(10-12-24)13-16(25)23-7-3-4-8-23/h1-2,5-6H,3-4,7-13H2. The van der Waals surface area contributed by atoms with Crippen molar-refractivity contribution < 1.29 is 22.8 Å². The van der Waals surface area contributed by atoms with E-state index in [-0.39, 0.29) is 11.5 Å². The molecule has 2 aliphatic heterocycles. The molecular weight excluding hydrogens is 347 g/mol. The number of likely N-dealkylation sites (tertiary alicyclic amines) is 1. The van der Waals surface area contributed by atoms with Crippen LogP contribution < -0.4 is 0 Å². The molecule has 26 heavy (non-hydrogen) atoms. The van der Waals surface area contributed by atoms with Crippen molar-refractivity contribution in [3.05, 3.63) is 35.4 Å². The van der Waals surface area contributed by atoms with E-state index in [0.717, 1.165) is 32.0 Å². The molecule has 3 rings (SSSR count). The van der Waals surface area contributed by atoms with Gasteiger partial charge in [0.1, 0.15) is 0 Å². The van der Waals surface area contributed by atoms with Crippen molar-refractivity contribution in [2.45, 2.75) is 19.0 Å². The summed E-state index contributed by atoms with van der Waals surface area (Å²) in [4.78, 5) is 30.0. The zero-order valence-electron chi connectivity index (χ0n) is 14.5. The minimum atomic E-state index is -4.56. The molecule has 1 aromatic carbocycles. The minimum absolute atomic E-state index is 0.0877. The van der Waals surface area contributed by atoms with Crippen molar-refractivity contribution in [1.82, 2.24) is 14.7 Å². The Labute approximate surface area is 150 Å². The molecule has 8 heteroatoms. The highest BCUT2D eigenvalue weighted by Gasteiger charge is 2.36. The van der Waals surface area contributed by atoms with Gasteiger partial charge in [0.2, 0.25) is 5.91 Å². The Bertz CT molecular complexity index is 664. The van der Waals surface area contributed by atoms with Crippen molar-refractivity contribution >= 4 is 11.8 Å². The topological polar surface area (TPSA) is 43.9 Å². The summed E-state index contributed by atoms with van der Waals surface area (Å²) in [6.45, 7) is 3.51. The second-order valence-corrected chi connectivity index (χ2v) is 6.70. The zero-order valence-corrected chi connectivity index (χ0v) is 14.5. The number of hydrogen-bond acceptors (Lipinski definition) is 3. The van der Waals surface area contributed by atoms with Crippen molar-refractivity contribution in [3.8, 4) is 0 Å². The molecule has 0 bridgehead atoms. The van der Waals surface area contributed by atoms with Gasteiger partial charge in [-0.15, -0.1) is 0 Å². The van der Waals surface area contributed by atoms with Gasteiger partial charge in [0.05, 0.1) is 17.7 Å². The molecule has 0 radical (unpaired) electrons. The van der Waals surface area contributed by atoms with Gasteiger partial charge in [-0.25, -0.2) is 0 Å². The molecule has 0 spiro atoms. The molecule has 0 atom stereocenters. The van der Waals surface area contributed by atoms with Gasteiger partial charge >= 0.3 is 6.18 Å². The van der Waals surface area contributed by atoms with E-state index in [0.29, 0.717) is 32.7 Å². The van der Waals surface area contributed by atoms with Crippen LogP contribution in [0, 0.1) is 0 Å². The number of rotatable bonds is 3. The molecule has 142 valence electrons. The zero-order chi connectivity index (χ0) is 18.7. The van der Waals surface area contributed by atoms with Gasteiger partial charge in [-0.1, -0.05) is 12.1 Å². The average Bonchev–Trinajstić information content (AvgIpc) is 3.16. The Kier molecular flexibility index (Phi) is 5.50. The lowest BCUT2D eigenvalue weighted by atomic mass is 10.1. The third kappa shape index (κ3) is 4.17. The van der Waals surface area contributed by atoms with Crippen LogP contribution in [0.1, 0.15) is 28.8 Å². The van der Waals surface area contributed by atoms with Crippen LogP contribution in [-0.4, -0.2) is 72.3 Å². The second-order valence-electron chi connectivity index (χ2n) is 6.70. The summed E-state index contributed by atoms with van der Waals surface area (Å²) >= 11 is 0. The van der Waals surface area contributed by atoms with E-state index in [1.54, 1.807) is 0 Å². The largest absolute Gasteiger partial charge is 0.417 e. The highest BCUT2D eigenvalue weighted by Crippen LogP contribution is 2.32. The van der Waals surface area contributed by atoms with Crippen LogP contribution in [0.5, 0.6) is 0 Å². The smallest absolute Gasteiger partial charge is 0.342 e. The number of halogens is 3. The Morgan fingerprint density at radius 2 is 1.50 bits per heavy atom. The molecular formula is C18H22F3N3O2. The fourth-order valence-electron chi connectivity index (χ4n) is 3.45. The van der Waals surface area contributed by atoms with Crippen LogP contribution in [0.15, 0.2) is 24.3 Å². The Balaban J connectivity index is 1.58. The molecule has 5 nitrogen and oxygen atoms in total. The summed E-state index contributed by atoms with van der Waals surface area (Å²) in [7, 11) is 0. The number of benzene rings is 1. The van der Waals surface area contributed by atoms with Gasteiger partial charge in [0.15, 0.2) is 0 Å². The lowest BCUT2D eigenvalue weighted by molar-refractivity contribution is -0.138. The van der Waals surface area contributed by atoms with Crippen LogP contribution in [0.25, 0.3) is 0 Å². The van der Waals surface area contributed by atoms with E-state index >= 15 is 0 Å². The van der Waals surface area contributed by atoms with Crippen molar-refractivity contribution in [1.29, 1.82) is 0 Å². The number of piperazine rings is 1. The van der Waals surface area contributed by atoms with Crippen molar-refractivity contribution in [2.24, 2.45) is 0 Å². The number of carbonyl (C=O) groups excluding carboxylic acids is 2. The first-order valence-corrected chi connectivity index (χ1v) is 8.82. The molecule has 0 N–H and O–H groups in total. The van der Waals surface area contributed by atoms with Crippen LogP contribution in [-0.2, 0) is 11.0 Å². The monoisotopic (exact) mass is 369 g/mol. The highest BCUT2D eigenvalue weighted by atomic mass is 19.4. The van der Waals surface area contributed by atoms with Crippen LogP contribution >= 0.6 is 0 Å². The summed E-state index contributed by atoms with van der Waals surface area (Å²) in [5.41, 5.74) is -1.22. The quantitative estimate of drug-likeness (QED) is 0.820. The first kappa shape index (κ1) is 18.7. The molecule has 0 aromatic heterocycles. The normalized spacial score (nSPS) is 19.0. The van der Waals surface area contributed by atoms with E-state index in [4.69, 9.17) is 0 Å². The van der Waals surface area contributed by atoms with Crippen LogP contribution in [0.4, 0.5) is 13.2 Å². The first-order valence-electron chi connectivity index (χ1n) is 8.82. The minimum Gasteiger partial charge on any atom is -0.342 e. The van der Waals surface area contributed by atoms with Gasteiger partial charge in [-0.2, -0.15) is 13.2 Å². The molecule has 2 fully saturated rings. The maximum atomic E-state index is 13.1. The molecule has 2 heterocycles. The summed E-state index contributed by atoms with van der Waals surface area (Å²) < 4.78 is 39.3. The lowest BCUT2D eigenvalue weighted by Crippen LogP contribution is -2.51. The fourth-order valence-corrected chi connectivity index (χ4v) is 3.45. The van der Waals surface area contributed by atoms with Gasteiger partial charge in [-0.3, -0.25) is 14.5 Å².